The summed E-state index contributed by atoms with van der Waals surface area (Å²) in [5, 5.41) is 8.57. The van der Waals surface area contributed by atoms with Gasteiger partial charge >= 0.3 is 0 Å². The van der Waals surface area contributed by atoms with Crippen LogP contribution in [-0.2, 0) is 11.3 Å². The standard InChI is InChI=1S/C20H16BrCl2N3O/c21-17-11-26(10-13-6-7-14(22)8-18(13)23)25-19(17)24-20(27)16-9-15(16)12-4-2-1-3-5-12/h1-8,11,15-16H,9-10H2,(H,24,25,27). The maximum Gasteiger partial charge on any atom is 0.229 e. The van der Waals surface area contributed by atoms with Gasteiger partial charge in [-0.15, -0.1) is 0 Å². The van der Waals surface area contributed by atoms with Crippen molar-refractivity contribution in [2.24, 2.45) is 5.92 Å². The van der Waals surface area contributed by atoms with Gasteiger partial charge in [0.2, 0.25) is 5.91 Å². The number of anilines is 1. The Morgan fingerprint density at radius 1 is 1.22 bits per heavy atom. The summed E-state index contributed by atoms with van der Waals surface area (Å²) in [4.78, 5) is 12.6. The van der Waals surface area contributed by atoms with Gasteiger partial charge in [-0.05, 0) is 51.5 Å². The molecule has 4 rings (SSSR count). The van der Waals surface area contributed by atoms with Gasteiger partial charge in [0, 0.05) is 22.2 Å². The third kappa shape index (κ3) is 4.21. The zero-order valence-corrected chi connectivity index (χ0v) is 17.3. The highest BCUT2D eigenvalue weighted by atomic mass is 79.9. The van der Waals surface area contributed by atoms with E-state index in [-0.39, 0.29) is 11.8 Å². The lowest BCUT2D eigenvalue weighted by atomic mass is 10.1. The Bertz CT molecular complexity index is 990. The number of carbonyl (C=O) groups is 1. The van der Waals surface area contributed by atoms with E-state index < -0.39 is 0 Å². The summed E-state index contributed by atoms with van der Waals surface area (Å²) in [5.74, 6) is 0.804. The number of aromatic nitrogens is 2. The summed E-state index contributed by atoms with van der Waals surface area (Å²) in [7, 11) is 0. The summed E-state index contributed by atoms with van der Waals surface area (Å²) in [6, 6.07) is 15.5. The average molecular weight is 465 g/mol. The molecule has 3 aromatic rings. The molecule has 0 radical (unpaired) electrons. The van der Waals surface area contributed by atoms with Crippen LogP contribution in [0.4, 0.5) is 5.82 Å². The van der Waals surface area contributed by atoms with Crippen LogP contribution in [0.5, 0.6) is 0 Å². The quantitative estimate of drug-likeness (QED) is 0.523. The largest absolute Gasteiger partial charge is 0.308 e. The van der Waals surface area contributed by atoms with Gasteiger partial charge in [-0.3, -0.25) is 9.48 Å². The molecule has 1 amide bonds. The third-order valence-corrected chi connectivity index (χ3v) is 5.83. The van der Waals surface area contributed by atoms with Crippen molar-refractivity contribution in [2.45, 2.75) is 18.9 Å². The molecule has 0 bridgehead atoms. The van der Waals surface area contributed by atoms with Crippen LogP contribution >= 0.6 is 39.1 Å². The topological polar surface area (TPSA) is 46.9 Å². The highest BCUT2D eigenvalue weighted by Crippen LogP contribution is 2.48. The van der Waals surface area contributed by atoms with Crippen molar-refractivity contribution in [2.75, 3.05) is 5.32 Å². The molecule has 2 unspecified atom stereocenters. The van der Waals surface area contributed by atoms with Crippen molar-refractivity contribution in [3.05, 3.63) is 80.4 Å². The fourth-order valence-electron chi connectivity index (χ4n) is 3.15. The minimum Gasteiger partial charge on any atom is -0.308 e. The van der Waals surface area contributed by atoms with Crippen molar-refractivity contribution in [3.63, 3.8) is 0 Å². The van der Waals surface area contributed by atoms with Crippen molar-refractivity contribution in [1.82, 2.24) is 9.78 Å². The molecule has 0 spiro atoms. The molecule has 1 saturated carbocycles. The summed E-state index contributed by atoms with van der Waals surface area (Å²) in [5.41, 5.74) is 2.11. The minimum absolute atomic E-state index is 0.000622. The SMILES string of the molecule is O=C(Nc1nn(Cc2ccc(Cl)cc2Cl)cc1Br)C1CC1c1ccccc1. The molecule has 1 aliphatic rings. The predicted molar refractivity (Wildman–Crippen MR) is 111 cm³/mol. The highest BCUT2D eigenvalue weighted by molar-refractivity contribution is 9.10. The molecule has 7 heteroatoms. The van der Waals surface area contributed by atoms with Crippen LogP contribution in [0.2, 0.25) is 10.0 Å². The first-order valence-corrected chi connectivity index (χ1v) is 10.1. The summed E-state index contributed by atoms with van der Waals surface area (Å²) in [6.45, 7) is 0.487. The summed E-state index contributed by atoms with van der Waals surface area (Å²) in [6.07, 6.45) is 2.69. The third-order valence-electron chi connectivity index (χ3n) is 4.66. The Morgan fingerprint density at radius 3 is 2.74 bits per heavy atom. The predicted octanol–water partition coefficient (Wildman–Crippen LogP) is 5.74. The Morgan fingerprint density at radius 2 is 2.00 bits per heavy atom. The van der Waals surface area contributed by atoms with Crippen molar-refractivity contribution in [3.8, 4) is 0 Å². The maximum absolute atomic E-state index is 12.6. The van der Waals surface area contributed by atoms with Gasteiger partial charge in [0.15, 0.2) is 5.82 Å². The number of rotatable bonds is 5. The molecule has 0 aliphatic heterocycles. The number of amides is 1. The van der Waals surface area contributed by atoms with Gasteiger partial charge in [0.05, 0.1) is 11.0 Å². The van der Waals surface area contributed by atoms with Crippen molar-refractivity contribution in [1.29, 1.82) is 0 Å². The molecule has 1 N–H and O–H groups in total. The highest BCUT2D eigenvalue weighted by Gasteiger charge is 2.44. The minimum atomic E-state index is -0.00448. The number of halogens is 3. The van der Waals surface area contributed by atoms with E-state index in [1.807, 2.05) is 30.5 Å². The van der Waals surface area contributed by atoms with Gasteiger partial charge < -0.3 is 5.32 Å². The lowest BCUT2D eigenvalue weighted by Crippen LogP contribution is -2.15. The second-order valence-electron chi connectivity index (χ2n) is 6.61. The van der Waals surface area contributed by atoms with E-state index in [1.165, 1.54) is 5.56 Å². The van der Waals surface area contributed by atoms with E-state index >= 15 is 0 Å². The molecular formula is C20H16BrCl2N3O. The zero-order chi connectivity index (χ0) is 19.0. The van der Waals surface area contributed by atoms with E-state index in [4.69, 9.17) is 23.2 Å². The molecule has 1 fully saturated rings. The first-order valence-electron chi connectivity index (χ1n) is 8.54. The Balaban J connectivity index is 1.42. The van der Waals surface area contributed by atoms with E-state index in [1.54, 1.807) is 16.8 Å². The number of benzene rings is 2. The van der Waals surface area contributed by atoms with Crippen LogP contribution in [0, 0.1) is 5.92 Å². The molecule has 1 aliphatic carbocycles. The summed E-state index contributed by atoms with van der Waals surface area (Å²) >= 11 is 15.6. The fraction of sp³-hybridized carbons (Fsp3) is 0.200. The first kappa shape index (κ1) is 18.5. The molecule has 138 valence electrons. The molecule has 1 heterocycles. The Kier molecular flexibility index (Phi) is 5.26. The van der Waals surface area contributed by atoms with Crippen LogP contribution in [0.1, 0.15) is 23.5 Å². The van der Waals surface area contributed by atoms with Gasteiger partial charge in [0.25, 0.3) is 0 Å². The fourth-order valence-corrected chi connectivity index (χ4v) is 4.03. The molecule has 1 aromatic heterocycles. The summed E-state index contributed by atoms with van der Waals surface area (Å²) < 4.78 is 2.47. The number of nitrogens with zero attached hydrogens (tertiary/aromatic N) is 2. The monoisotopic (exact) mass is 463 g/mol. The smallest absolute Gasteiger partial charge is 0.229 e. The molecule has 0 saturated heterocycles. The molecule has 2 aromatic carbocycles. The van der Waals surface area contributed by atoms with Crippen LogP contribution in [0.3, 0.4) is 0 Å². The van der Waals surface area contributed by atoms with E-state index in [0.717, 1.165) is 16.5 Å². The van der Waals surface area contributed by atoms with Gasteiger partial charge in [0.1, 0.15) is 0 Å². The van der Waals surface area contributed by atoms with E-state index in [2.05, 4.69) is 38.5 Å². The second kappa shape index (κ2) is 7.66. The zero-order valence-electron chi connectivity index (χ0n) is 14.2. The maximum atomic E-state index is 12.6. The Labute approximate surface area is 175 Å². The van der Waals surface area contributed by atoms with E-state index in [9.17, 15) is 4.79 Å². The van der Waals surface area contributed by atoms with Crippen molar-refractivity contribution < 1.29 is 4.79 Å². The van der Waals surface area contributed by atoms with E-state index in [0.29, 0.717) is 28.3 Å². The lowest BCUT2D eigenvalue weighted by molar-refractivity contribution is -0.117. The number of nitrogens with one attached hydrogen (secondary N) is 1. The number of hydrogen-bond donors (Lipinski definition) is 1. The second-order valence-corrected chi connectivity index (χ2v) is 8.31. The van der Waals surface area contributed by atoms with Crippen LogP contribution in [-0.4, -0.2) is 15.7 Å². The molecule has 2 atom stereocenters. The number of hydrogen-bond acceptors (Lipinski definition) is 2. The van der Waals surface area contributed by atoms with Crippen LogP contribution < -0.4 is 5.32 Å². The molecular weight excluding hydrogens is 449 g/mol. The average Bonchev–Trinajstić information content (AvgIpc) is 3.38. The van der Waals surface area contributed by atoms with Crippen LogP contribution in [0.15, 0.2) is 59.2 Å². The van der Waals surface area contributed by atoms with Gasteiger partial charge in [-0.1, -0.05) is 59.6 Å². The van der Waals surface area contributed by atoms with Crippen LogP contribution in [0.25, 0.3) is 0 Å². The molecule has 4 nitrogen and oxygen atoms in total. The normalized spacial score (nSPS) is 18.3. The van der Waals surface area contributed by atoms with Crippen molar-refractivity contribution >= 4 is 50.9 Å². The van der Waals surface area contributed by atoms with Gasteiger partial charge in [-0.25, -0.2) is 0 Å². The first-order chi connectivity index (χ1) is 13.0. The lowest BCUT2D eigenvalue weighted by Gasteiger charge is -2.05. The Hall–Kier alpha value is -1.82. The van der Waals surface area contributed by atoms with Gasteiger partial charge in [-0.2, -0.15) is 5.10 Å². The number of carbonyl (C=O) groups excluding carboxylic acids is 1. The molecule has 27 heavy (non-hydrogen) atoms.